The zero-order chi connectivity index (χ0) is 15.1. The number of Topliss-reactive ketones (excluding diaryl/α,β-unsaturated/α-hetero) is 1. The monoisotopic (exact) mass is 291 g/mol. The van der Waals surface area contributed by atoms with E-state index in [1.54, 1.807) is 0 Å². The molecule has 0 atom stereocenters. The summed E-state index contributed by atoms with van der Waals surface area (Å²) in [4.78, 5) is 24.7. The molecular weight excluding hydrogens is 283 g/mol. The molecule has 2 aromatic carbocycles. The van der Waals surface area contributed by atoms with E-state index in [1.807, 2.05) is 0 Å². The number of hydrogen-bond acceptors (Lipinski definition) is 2. The van der Waals surface area contributed by atoms with Crippen molar-refractivity contribution in [3.63, 3.8) is 0 Å². The number of hydrogen-bond donors (Lipinski definition) is 0. The largest absolute Gasteiger partial charge is 0.300 e. The van der Waals surface area contributed by atoms with Crippen molar-refractivity contribution in [3.8, 4) is 0 Å². The van der Waals surface area contributed by atoms with Gasteiger partial charge in [0.25, 0.3) is 11.7 Å². The molecule has 106 valence electrons. The minimum atomic E-state index is -1.18. The van der Waals surface area contributed by atoms with Crippen LogP contribution >= 0.6 is 0 Å². The predicted molar refractivity (Wildman–Crippen MR) is 68.3 cm³/mol. The number of nitrogens with zero attached hydrogens (tertiary/aromatic N) is 1. The second-order valence-corrected chi connectivity index (χ2v) is 4.63. The van der Waals surface area contributed by atoms with Gasteiger partial charge in [-0.25, -0.2) is 13.2 Å². The summed E-state index contributed by atoms with van der Waals surface area (Å²) in [6.45, 7) is -0.0249. The van der Waals surface area contributed by atoms with Gasteiger partial charge in [0.2, 0.25) is 0 Å². The first kappa shape index (κ1) is 13.4. The van der Waals surface area contributed by atoms with Crippen molar-refractivity contribution < 1.29 is 22.8 Å². The number of ketones is 1. The number of carbonyl (C=O) groups excluding carboxylic acids is 2. The first-order valence-corrected chi connectivity index (χ1v) is 6.07. The molecule has 0 aromatic heterocycles. The Balaban J connectivity index is 2.01. The fraction of sp³-hybridized carbons (Fsp3) is 0.0667. The molecule has 1 aliphatic heterocycles. The van der Waals surface area contributed by atoms with Crippen molar-refractivity contribution in [1.82, 2.24) is 0 Å². The van der Waals surface area contributed by atoms with Gasteiger partial charge in [0.1, 0.15) is 5.82 Å². The summed E-state index contributed by atoms with van der Waals surface area (Å²) in [6, 6.07) is 6.86. The lowest BCUT2D eigenvalue weighted by Gasteiger charge is -2.16. The third-order valence-electron chi connectivity index (χ3n) is 3.27. The molecule has 0 N–H and O–H groups in total. The summed E-state index contributed by atoms with van der Waals surface area (Å²) in [5.74, 6) is -4.50. The minimum Gasteiger partial charge on any atom is -0.300 e. The number of carbonyl (C=O) groups is 2. The highest BCUT2D eigenvalue weighted by atomic mass is 19.2. The van der Waals surface area contributed by atoms with Gasteiger partial charge in [0, 0.05) is 6.07 Å². The van der Waals surface area contributed by atoms with Gasteiger partial charge in [0.05, 0.1) is 17.8 Å². The van der Waals surface area contributed by atoms with Crippen LogP contribution in [0.5, 0.6) is 0 Å². The summed E-state index contributed by atoms with van der Waals surface area (Å²) >= 11 is 0. The maximum atomic E-state index is 13.3. The molecule has 3 nitrogen and oxygen atoms in total. The Morgan fingerprint density at radius 2 is 1.52 bits per heavy atom. The molecule has 0 spiro atoms. The van der Waals surface area contributed by atoms with E-state index in [-0.39, 0.29) is 17.8 Å². The highest BCUT2D eigenvalue weighted by Gasteiger charge is 2.37. The third kappa shape index (κ3) is 2.18. The van der Waals surface area contributed by atoms with Crippen molar-refractivity contribution in [2.45, 2.75) is 6.54 Å². The van der Waals surface area contributed by atoms with Gasteiger partial charge < -0.3 is 4.90 Å². The van der Waals surface area contributed by atoms with Crippen molar-refractivity contribution in [2.75, 3.05) is 4.90 Å². The average molecular weight is 291 g/mol. The minimum absolute atomic E-state index is 0.0215. The van der Waals surface area contributed by atoms with E-state index in [9.17, 15) is 22.8 Å². The standard InChI is InChI=1S/C15H8F3NO2/c16-9-3-1-8(2-4-9)7-19-13-6-12(18)11(17)5-10(13)14(20)15(19)21/h1-6H,7H2. The van der Waals surface area contributed by atoms with Crippen LogP contribution in [0.2, 0.25) is 0 Å². The molecule has 0 unspecified atom stereocenters. The Morgan fingerprint density at radius 1 is 0.905 bits per heavy atom. The van der Waals surface area contributed by atoms with Gasteiger partial charge >= 0.3 is 0 Å². The predicted octanol–water partition coefficient (Wildman–Crippen LogP) is 2.83. The molecule has 3 rings (SSSR count). The SMILES string of the molecule is O=C1C(=O)N(Cc2ccc(F)cc2)c2cc(F)c(F)cc21. The van der Waals surface area contributed by atoms with Gasteiger partial charge in [-0.2, -0.15) is 0 Å². The van der Waals surface area contributed by atoms with Gasteiger partial charge in [-0.1, -0.05) is 12.1 Å². The summed E-state index contributed by atoms with van der Waals surface area (Å²) in [7, 11) is 0. The number of amides is 1. The maximum Gasteiger partial charge on any atom is 0.299 e. The number of benzene rings is 2. The zero-order valence-electron chi connectivity index (χ0n) is 10.6. The first-order chi connectivity index (χ1) is 9.97. The van der Waals surface area contributed by atoms with Crippen LogP contribution in [0.15, 0.2) is 36.4 Å². The molecule has 0 saturated carbocycles. The molecule has 1 heterocycles. The van der Waals surface area contributed by atoms with Crippen LogP contribution in [0.25, 0.3) is 0 Å². The number of halogens is 3. The Morgan fingerprint density at radius 3 is 2.19 bits per heavy atom. The van der Waals surface area contributed by atoms with Crippen LogP contribution in [0.3, 0.4) is 0 Å². The van der Waals surface area contributed by atoms with Crippen LogP contribution in [-0.4, -0.2) is 11.7 Å². The van der Waals surface area contributed by atoms with E-state index in [2.05, 4.69) is 0 Å². The van der Waals surface area contributed by atoms with E-state index in [1.165, 1.54) is 24.3 Å². The topological polar surface area (TPSA) is 37.4 Å². The highest BCUT2D eigenvalue weighted by molar-refractivity contribution is 6.52. The molecule has 1 amide bonds. The lowest BCUT2D eigenvalue weighted by molar-refractivity contribution is -0.114. The summed E-state index contributed by atoms with van der Waals surface area (Å²) in [5.41, 5.74) is 0.421. The molecule has 2 aromatic rings. The van der Waals surface area contributed by atoms with Gasteiger partial charge in [-0.3, -0.25) is 9.59 Å². The quantitative estimate of drug-likeness (QED) is 0.798. The molecular formula is C15H8F3NO2. The van der Waals surface area contributed by atoms with Crippen LogP contribution < -0.4 is 4.90 Å². The van der Waals surface area contributed by atoms with Gasteiger partial charge in [0.15, 0.2) is 11.6 Å². The van der Waals surface area contributed by atoms with E-state index < -0.39 is 29.1 Å². The maximum absolute atomic E-state index is 13.3. The average Bonchev–Trinajstić information content (AvgIpc) is 2.67. The Kier molecular flexibility index (Phi) is 3.01. The van der Waals surface area contributed by atoms with Crippen LogP contribution in [-0.2, 0) is 11.3 Å². The first-order valence-electron chi connectivity index (χ1n) is 6.07. The van der Waals surface area contributed by atoms with Crippen molar-refractivity contribution in [2.24, 2.45) is 0 Å². The highest BCUT2D eigenvalue weighted by Crippen LogP contribution is 2.32. The van der Waals surface area contributed by atoms with Crippen LogP contribution in [0.1, 0.15) is 15.9 Å². The van der Waals surface area contributed by atoms with E-state index in [0.717, 1.165) is 17.0 Å². The molecule has 0 fully saturated rings. The molecule has 21 heavy (non-hydrogen) atoms. The second kappa shape index (κ2) is 4.73. The lowest BCUT2D eigenvalue weighted by atomic mass is 10.1. The van der Waals surface area contributed by atoms with Crippen LogP contribution in [0, 0.1) is 17.5 Å². The third-order valence-corrected chi connectivity index (χ3v) is 3.27. The van der Waals surface area contributed by atoms with Crippen molar-refractivity contribution >= 4 is 17.4 Å². The van der Waals surface area contributed by atoms with E-state index >= 15 is 0 Å². The fourth-order valence-electron chi connectivity index (χ4n) is 2.22. The summed E-state index contributed by atoms with van der Waals surface area (Å²) in [5, 5.41) is 0. The number of anilines is 1. The summed E-state index contributed by atoms with van der Waals surface area (Å²) < 4.78 is 39.3. The normalized spacial score (nSPS) is 13.8. The van der Waals surface area contributed by atoms with E-state index in [4.69, 9.17) is 0 Å². The number of fused-ring (bicyclic) bond motifs is 1. The van der Waals surface area contributed by atoms with Crippen LogP contribution in [0.4, 0.5) is 18.9 Å². The number of rotatable bonds is 2. The van der Waals surface area contributed by atoms with Gasteiger partial charge in [-0.15, -0.1) is 0 Å². The lowest BCUT2D eigenvalue weighted by Crippen LogP contribution is -2.29. The Labute approximate surface area is 117 Å². The van der Waals surface area contributed by atoms with E-state index in [0.29, 0.717) is 5.56 Å². The summed E-state index contributed by atoms with van der Waals surface area (Å²) in [6.07, 6.45) is 0. The Bertz CT molecular complexity index is 756. The molecule has 0 radical (unpaired) electrons. The fourth-order valence-corrected chi connectivity index (χ4v) is 2.22. The smallest absolute Gasteiger partial charge is 0.299 e. The zero-order valence-corrected chi connectivity index (χ0v) is 10.6. The molecule has 6 heteroatoms. The molecule has 0 saturated heterocycles. The second-order valence-electron chi connectivity index (χ2n) is 4.63. The van der Waals surface area contributed by atoms with Crippen molar-refractivity contribution in [1.29, 1.82) is 0 Å². The molecule has 0 bridgehead atoms. The Hall–Kier alpha value is -2.63. The van der Waals surface area contributed by atoms with Crippen molar-refractivity contribution in [3.05, 3.63) is 65.0 Å². The van der Waals surface area contributed by atoms with Gasteiger partial charge in [-0.05, 0) is 23.8 Å². The molecule has 0 aliphatic carbocycles. The molecule has 1 aliphatic rings.